The first-order valence-corrected chi connectivity index (χ1v) is 8.83. The molecular formula is C15H12Br3N3O2. The van der Waals surface area contributed by atoms with Crippen molar-refractivity contribution in [3.05, 3.63) is 55.4 Å². The first-order valence-electron chi connectivity index (χ1n) is 6.45. The van der Waals surface area contributed by atoms with Crippen LogP contribution < -0.4 is 10.7 Å². The molecule has 3 N–H and O–H groups in total. The molecule has 23 heavy (non-hydrogen) atoms. The lowest BCUT2D eigenvalue weighted by Gasteiger charge is -2.10. The van der Waals surface area contributed by atoms with Crippen molar-refractivity contribution in [3.63, 3.8) is 0 Å². The van der Waals surface area contributed by atoms with Crippen LogP contribution in [0.2, 0.25) is 0 Å². The number of hydrogen-bond donors (Lipinski definition) is 3. The summed E-state index contributed by atoms with van der Waals surface area (Å²) in [5, 5.41) is 16.4. The number of rotatable bonds is 5. The summed E-state index contributed by atoms with van der Waals surface area (Å²) in [4.78, 5) is 11.8. The van der Waals surface area contributed by atoms with Crippen LogP contribution in [0.15, 0.2) is 54.9 Å². The molecule has 2 rings (SSSR count). The van der Waals surface area contributed by atoms with Crippen molar-refractivity contribution in [3.8, 4) is 5.75 Å². The van der Waals surface area contributed by atoms with Crippen LogP contribution in [-0.2, 0) is 4.79 Å². The molecule has 1 amide bonds. The number of aromatic hydroxyl groups is 1. The summed E-state index contributed by atoms with van der Waals surface area (Å²) in [5.74, 6) is -0.204. The molecule has 0 atom stereocenters. The smallest absolute Gasteiger partial charge is 0.259 e. The maximum absolute atomic E-state index is 11.8. The van der Waals surface area contributed by atoms with Gasteiger partial charge >= 0.3 is 0 Å². The third-order valence-corrected chi connectivity index (χ3v) is 4.47. The zero-order valence-electron chi connectivity index (χ0n) is 11.7. The van der Waals surface area contributed by atoms with Gasteiger partial charge in [0.05, 0.1) is 18.4 Å². The Hall–Kier alpha value is -1.38. The van der Waals surface area contributed by atoms with Crippen molar-refractivity contribution in [2.75, 3.05) is 11.9 Å². The average Bonchev–Trinajstić information content (AvgIpc) is 2.48. The average molecular weight is 506 g/mol. The van der Waals surface area contributed by atoms with Crippen LogP contribution in [0.25, 0.3) is 0 Å². The third kappa shape index (κ3) is 5.33. The summed E-state index contributed by atoms with van der Waals surface area (Å²) < 4.78 is 2.56. The van der Waals surface area contributed by atoms with Crippen LogP contribution in [0.4, 0.5) is 5.69 Å². The van der Waals surface area contributed by atoms with Crippen molar-refractivity contribution >= 4 is 65.6 Å². The number of nitrogens with zero attached hydrogens (tertiary/aromatic N) is 1. The first kappa shape index (κ1) is 18.0. The largest absolute Gasteiger partial charge is 0.507 e. The molecule has 0 heterocycles. The van der Waals surface area contributed by atoms with Gasteiger partial charge in [0.25, 0.3) is 5.91 Å². The van der Waals surface area contributed by atoms with Gasteiger partial charge in [-0.2, -0.15) is 5.10 Å². The maximum Gasteiger partial charge on any atom is 0.259 e. The van der Waals surface area contributed by atoms with E-state index in [2.05, 4.69) is 63.6 Å². The van der Waals surface area contributed by atoms with Gasteiger partial charge in [-0.15, -0.1) is 0 Å². The Morgan fingerprint density at radius 3 is 2.48 bits per heavy atom. The van der Waals surface area contributed by atoms with Crippen molar-refractivity contribution in [1.82, 2.24) is 5.43 Å². The summed E-state index contributed by atoms with van der Waals surface area (Å²) in [6, 6.07) is 10.5. The molecule has 120 valence electrons. The van der Waals surface area contributed by atoms with Crippen molar-refractivity contribution < 1.29 is 9.90 Å². The number of carbonyl (C=O) groups excluding carboxylic acids is 1. The van der Waals surface area contributed by atoms with Gasteiger partial charge in [-0.1, -0.05) is 28.1 Å². The molecule has 0 radical (unpaired) electrons. The van der Waals surface area contributed by atoms with Gasteiger partial charge in [-0.3, -0.25) is 4.79 Å². The van der Waals surface area contributed by atoms with Gasteiger partial charge in [0.2, 0.25) is 0 Å². The summed E-state index contributed by atoms with van der Waals surface area (Å²) in [6.45, 7) is 0.0525. The minimum Gasteiger partial charge on any atom is -0.507 e. The molecule has 8 heteroatoms. The normalized spacial score (nSPS) is 10.7. The highest BCUT2D eigenvalue weighted by atomic mass is 79.9. The Morgan fingerprint density at radius 1 is 1.17 bits per heavy atom. The number of carbonyl (C=O) groups is 1. The number of benzene rings is 2. The number of nitrogens with one attached hydrogen (secondary N) is 2. The highest BCUT2D eigenvalue weighted by Gasteiger charge is 2.08. The second kappa shape index (κ2) is 8.47. The number of para-hydroxylation sites is 1. The second-order valence-corrected chi connectivity index (χ2v) is 7.07. The van der Waals surface area contributed by atoms with Crippen LogP contribution >= 0.6 is 47.8 Å². The number of phenolic OH excluding ortho intramolecular Hbond substituents is 1. The SMILES string of the molecule is O=C(CNc1c(Br)cc(Br)cc1Br)NN=Cc1ccccc1O. The number of hydrazone groups is 1. The molecule has 0 bridgehead atoms. The van der Waals surface area contributed by atoms with Crippen LogP contribution in [-0.4, -0.2) is 23.8 Å². The van der Waals surface area contributed by atoms with E-state index in [1.54, 1.807) is 24.3 Å². The van der Waals surface area contributed by atoms with Gasteiger partial charge in [0.15, 0.2) is 0 Å². The molecule has 0 aliphatic carbocycles. The zero-order valence-corrected chi connectivity index (χ0v) is 16.4. The summed E-state index contributed by atoms with van der Waals surface area (Å²) in [5.41, 5.74) is 3.69. The third-order valence-electron chi connectivity index (χ3n) is 2.76. The zero-order chi connectivity index (χ0) is 16.8. The van der Waals surface area contributed by atoms with Gasteiger partial charge in [0, 0.05) is 19.0 Å². The lowest BCUT2D eigenvalue weighted by Crippen LogP contribution is -2.26. The highest BCUT2D eigenvalue weighted by molar-refractivity contribution is 9.11. The molecule has 0 aliphatic heterocycles. The van der Waals surface area contributed by atoms with Crippen LogP contribution in [0, 0.1) is 0 Å². The second-order valence-electron chi connectivity index (χ2n) is 4.45. The number of phenols is 1. The molecule has 0 unspecified atom stereocenters. The minimum absolute atomic E-state index is 0.0525. The van der Waals surface area contributed by atoms with Crippen LogP contribution in [0.1, 0.15) is 5.56 Å². The summed E-state index contributed by atoms with van der Waals surface area (Å²) in [6.07, 6.45) is 1.39. The fourth-order valence-corrected chi connectivity index (χ4v) is 4.23. The molecule has 0 aliphatic rings. The Labute approximate surface area is 158 Å². The van der Waals surface area contributed by atoms with E-state index in [-0.39, 0.29) is 18.2 Å². The number of hydrogen-bond acceptors (Lipinski definition) is 4. The molecule has 2 aromatic carbocycles. The monoisotopic (exact) mass is 503 g/mol. The molecule has 0 saturated carbocycles. The Bertz CT molecular complexity index is 727. The topological polar surface area (TPSA) is 73.7 Å². The van der Waals surface area contributed by atoms with Crippen molar-refractivity contribution in [2.24, 2.45) is 5.10 Å². The van der Waals surface area contributed by atoms with Gasteiger partial charge < -0.3 is 10.4 Å². The molecule has 0 aromatic heterocycles. The van der Waals surface area contributed by atoms with E-state index < -0.39 is 0 Å². The van der Waals surface area contributed by atoms with E-state index in [1.807, 2.05) is 12.1 Å². The van der Waals surface area contributed by atoms with E-state index in [0.29, 0.717) is 5.56 Å². The van der Waals surface area contributed by atoms with E-state index in [1.165, 1.54) is 6.21 Å². The molecule has 5 nitrogen and oxygen atoms in total. The minimum atomic E-state index is -0.307. The fourth-order valence-electron chi connectivity index (χ4n) is 1.69. The van der Waals surface area contributed by atoms with Crippen LogP contribution in [0.5, 0.6) is 5.75 Å². The number of anilines is 1. The van der Waals surface area contributed by atoms with Gasteiger partial charge in [-0.25, -0.2) is 5.43 Å². The molecular weight excluding hydrogens is 494 g/mol. The Morgan fingerprint density at radius 2 is 1.83 bits per heavy atom. The van der Waals surface area contributed by atoms with E-state index in [0.717, 1.165) is 19.1 Å². The molecule has 0 fully saturated rings. The quantitative estimate of drug-likeness (QED) is 0.420. The van der Waals surface area contributed by atoms with Gasteiger partial charge in [-0.05, 0) is 56.1 Å². The standard InChI is InChI=1S/C15H12Br3N3O2/c16-10-5-11(17)15(12(18)6-10)19-8-14(23)21-20-7-9-3-1-2-4-13(9)22/h1-7,19,22H,8H2,(H,21,23). The predicted molar refractivity (Wildman–Crippen MR) is 102 cm³/mol. The van der Waals surface area contributed by atoms with Gasteiger partial charge in [0.1, 0.15) is 5.75 Å². The summed E-state index contributed by atoms with van der Waals surface area (Å²) in [7, 11) is 0. The van der Waals surface area contributed by atoms with E-state index >= 15 is 0 Å². The first-order chi connectivity index (χ1) is 11.0. The maximum atomic E-state index is 11.8. The molecule has 0 spiro atoms. The predicted octanol–water partition coefficient (Wildman–Crippen LogP) is 4.24. The number of amides is 1. The fraction of sp³-hybridized carbons (Fsp3) is 0.0667. The van der Waals surface area contributed by atoms with E-state index in [4.69, 9.17) is 0 Å². The molecule has 0 saturated heterocycles. The summed E-state index contributed by atoms with van der Waals surface area (Å²) >= 11 is 10.2. The molecule has 2 aromatic rings. The van der Waals surface area contributed by atoms with E-state index in [9.17, 15) is 9.90 Å². The lowest BCUT2D eigenvalue weighted by atomic mass is 10.2. The number of halogens is 3. The highest BCUT2D eigenvalue weighted by Crippen LogP contribution is 2.34. The lowest BCUT2D eigenvalue weighted by molar-refractivity contribution is -0.119. The Balaban J connectivity index is 1.90. The van der Waals surface area contributed by atoms with Crippen molar-refractivity contribution in [2.45, 2.75) is 0 Å². The van der Waals surface area contributed by atoms with Crippen molar-refractivity contribution in [1.29, 1.82) is 0 Å². The Kier molecular flexibility index (Phi) is 6.61. The van der Waals surface area contributed by atoms with Crippen LogP contribution in [0.3, 0.4) is 0 Å².